The lowest BCUT2D eigenvalue weighted by Gasteiger charge is -2.12. The summed E-state index contributed by atoms with van der Waals surface area (Å²) >= 11 is 0. The van der Waals surface area contributed by atoms with E-state index in [0.717, 1.165) is 28.2 Å². The fourth-order valence-corrected chi connectivity index (χ4v) is 3.02. The van der Waals surface area contributed by atoms with Crippen molar-refractivity contribution < 1.29 is 27.5 Å². The van der Waals surface area contributed by atoms with Crippen molar-refractivity contribution in [3.05, 3.63) is 64.9 Å². The number of nitrogens with zero attached hydrogens (tertiary/aromatic N) is 1. The molecule has 0 spiro atoms. The highest BCUT2D eigenvalue weighted by Crippen LogP contribution is 2.33. The van der Waals surface area contributed by atoms with E-state index in [-0.39, 0.29) is 17.0 Å². The van der Waals surface area contributed by atoms with E-state index in [2.05, 4.69) is 10.1 Å². The van der Waals surface area contributed by atoms with Crippen LogP contribution in [0.15, 0.2) is 48.2 Å². The van der Waals surface area contributed by atoms with Gasteiger partial charge in [0.15, 0.2) is 0 Å². The first-order valence-electron chi connectivity index (χ1n) is 8.34. The number of carbonyl (C=O) groups is 2. The minimum Gasteiger partial charge on any atom is -0.406 e. The molecule has 3 rings (SSSR count). The van der Waals surface area contributed by atoms with Crippen LogP contribution in [0, 0.1) is 13.8 Å². The summed E-state index contributed by atoms with van der Waals surface area (Å²) in [7, 11) is 1.35. The van der Waals surface area contributed by atoms with Crippen LogP contribution in [0.4, 0.5) is 18.9 Å². The van der Waals surface area contributed by atoms with Gasteiger partial charge in [0.1, 0.15) is 11.4 Å². The molecule has 146 valence electrons. The van der Waals surface area contributed by atoms with Crippen LogP contribution in [0.25, 0.3) is 5.57 Å². The molecule has 0 unspecified atom stereocenters. The zero-order valence-electron chi connectivity index (χ0n) is 15.3. The van der Waals surface area contributed by atoms with Crippen molar-refractivity contribution in [2.24, 2.45) is 0 Å². The smallest absolute Gasteiger partial charge is 0.406 e. The monoisotopic (exact) mass is 390 g/mol. The fraction of sp³-hybridized carbons (Fsp3) is 0.200. The molecule has 0 aromatic heterocycles. The average molecular weight is 390 g/mol. The number of imide groups is 1. The molecule has 2 aromatic rings. The third-order valence-corrected chi connectivity index (χ3v) is 4.28. The van der Waals surface area contributed by atoms with Crippen molar-refractivity contribution in [1.82, 2.24) is 4.90 Å². The maximum atomic E-state index is 12.6. The summed E-state index contributed by atoms with van der Waals surface area (Å²) in [5.74, 6) is -1.49. The Hall–Kier alpha value is -3.29. The largest absolute Gasteiger partial charge is 0.573 e. The van der Waals surface area contributed by atoms with Crippen molar-refractivity contribution in [3.63, 3.8) is 0 Å². The van der Waals surface area contributed by atoms with Gasteiger partial charge < -0.3 is 10.1 Å². The molecule has 0 radical (unpaired) electrons. The molecule has 1 aliphatic rings. The molecule has 1 N–H and O–H groups in total. The van der Waals surface area contributed by atoms with E-state index in [4.69, 9.17) is 0 Å². The summed E-state index contributed by atoms with van der Waals surface area (Å²) in [5.41, 5.74) is 2.75. The summed E-state index contributed by atoms with van der Waals surface area (Å²) in [6.07, 6.45) is -4.83. The van der Waals surface area contributed by atoms with Crippen molar-refractivity contribution in [1.29, 1.82) is 0 Å². The van der Waals surface area contributed by atoms with Crippen molar-refractivity contribution in [3.8, 4) is 5.75 Å². The molecule has 0 aliphatic carbocycles. The van der Waals surface area contributed by atoms with Crippen molar-refractivity contribution in [2.75, 3.05) is 12.4 Å². The van der Waals surface area contributed by atoms with Gasteiger partial charge in [0, 0.05) is 18.8 Å². The van der Waals surface area contributed by atoms with Gasteiger partial charge in [-0.2, -0.15) is 0 Å². The maximum absolute atomic E-state index is 12.6. The number of aryl methyl sites for hydroxylation is 2. The van der Waals surface area contributed by atoms with Gasteiger partial charge in [-0.15, -0.1) is 13.2 Å². The number of carbonyl (C=O) groups excluding carboxylic acids is 2. The molecule has 0 saturated heterocycles. The number of halogens is 3. The Kier molecular flexibility index (Phi) is 4.89. The van der Waals surface area contributed by atoms with Gasteiger partial charge in [-0.3, -0.25) is 14.5 Å². The Morgan fingerprint density at radius 1 is 1.00 bits per heavy atom. The van der Waals surface area contributed by atoms with E-state index >= 15 is 0 Å². The molecular weight excluding hydrogens is 373 g/mol. The number of likely N-dealkylation sites (N-methyl/N-ethyl adjacent to an activating group) is 1. The molecule has 28 heavy (non-hydrogen) atoms. The Labute approximate surface area is 159 Å². The number of hydrogen-bond donors (Lipinski definition) is 1. The average Bonchev–Trinajstić information content (AvgIpc) is 2.78. The van der Waals surface area contributed by atoms with Crippen LogP contribution in [0.1, 0.15) is 16.7 Å². The lowest BCUT2D eigenvalue weighted by Crippen LogP contribution is -2.28. The molecule has 2 amide bonds. The van der Waals surface area contributed by atoms with Gasteiger partial charge in [0.05, 0.1) is 5.57 Å². The third kappa shape index (κ3) is 3.85. The highest BCUT2D eigenvalue weighted by molar-refractivity contribution is 6.36. The Balaban J connectivity index is 2.04. The van der Waals surface area contributed by atoms with E-state index in [1.807, 2.05) is 26.0 Å². The molecule has 2 aromatic carbocycles. The van der Waals surface area contributed by atoms with E-state index in [0.29, 0.717) is 5.56 Å². The van der Waals surface area contributed by atoms with Crippen molar-refractivity contribution >= 4 is 23.1 Å². The van der Waals surface area contributed by atoms with Gasteiger partial charge in [-0.1, -0.05) is 29.8 Å². The maximum Gasteiger partial charge on any atom is 0.573 e. The van der Waals surface area contributed by atoms with Crippen LogP contribution in [0.2, 0.25) is 0 Å². The Morgan fingerprint density at radius 2 is 1.71 bits per heavy atom. The number of hydrogen-bond acceptors (Lipinski definition) is 4. The zero-order chi connectivity index (χ0) is 20.6. The molecule has 1 aliphatic heterocycles. The highest BCUT2D eigenvalue weighted by atomic mass is 19.4. The van der Waals surface area contributed by atoms with Crippen LogP contribution in [-0.4, -0.2) is 30.1 Å². The summed E-state index contributed by atoms with van der Waals surface area (Å²) in [6.45, 7) is 3.73. The van der Waals surface area contributed by atoms with Crippen molar-refractivity contribution in [2.45, 2.75) is 20.2 Å². The standard InChI is InChI=1S/C20H17F3N2O3/c1-11-7-8-15(12(2)9-11)16-17(19(27)25(3)18(16)26)24-13-5-4-6-14(10-13)28-20(21,22)23/h4-10,24H,1-3H3. The number of nitrogens with one attached hydrogen (secondary N) is 1. The van der Waals surface area contributed by atoms with E-state index < -0.39 is 23.9 Å². The first-order valence-corrected chi connectivity index (χ1v) is 8.34. The zero-order valence-corrected chi connectivity index (χ0v) is 15.3. The molecular formula is C20H17F3N2O3. The second kappa shape index (κ2) is 7.03. The predicted molar refractivity (Wildman–Crippen MR) is 97.4 cm³/mol. The second-order valence-corrected chi connectivity index (χ2v) is 6.44. The molecule has 8 heteroatoms. The number of anilines is 1. The molecule has 5 nitrogen and oxygen atoms in total. The summed E-state index contributed by atoms with van der Waals surface area (Å²) in [6, 6.07) is 10.5. The normalized spacial score (nSPS) is 14.7. The summed E-state index contributed by atoms with van der Waals surface area (Å²) in [4.78, 5) is 26.2. The molecule has 1 heterocycles. The van der Waals surface area contributed by atoms with Crippen LogP contribution < -0.4 is 10.1 Å². The van der Waals surface area contributed by atoms with Gasteiger partial charge in [-0.25, -0.2) is 0 Å². The van der Waals surface area contributed by atoms with Gasteiger partial charge in [0.25, 0.3) is 11.8 Å². The van der Waals surface area contributed by atoms with E-state index in [1.165, 1.54) is 19.2 Å². The highest BCUT2D eigenvalue weighted by Gasteiger charge is 2.37. The number of alkyl halides is 3. The van der Waals surface area contributed by atoms with Gasteiger partial charge >= 0.3 is 6.36 Å². The third-order valence-electron chi connectivity index (χ3n) is 4.28. The van der Waals surface area contributed by atoms with E-state index in [9.17, 15) is 22.8 Å². The predicted octanol–water partition coefficient (Wildman–Crippen LogP) is 4.02. The number of rotatable bonds is 4. The van der Waals surface area contributed by atoms with Crippen LogP contribution in [0.3, 0.4) is 0 Å². The number of ether oxygens (including phenoxy) is 1. The van der Waals surface area contributed by atoms with E-state index in [1.54, 1.807) is 6.07 Å². The van der Waals surface area contributed by atoms with Crippen LogP contribution in [0.5, 0.6) is 5.75 Å². The fourth-order valence-electron chi connectivity index (χ4n) is 3.02. The minimum atomic E-state index is -4.83. The Bertz CT molecular complexity index is 996. The Morgan fingerprint density at radius 3 is 2.36 bits per heavy atom. The topological polar surface area (TPSA) is 58.6 Å². The lowest BCUT2D eigenvalue weighted by atomic mass is 9.97. The summed E-state index contributed by atoms with van der Waals surface area (Å²) < 4.78 is 41.2. The molecule has 0 saturated carbocycles. The minimum absolute atomic E-state index is 0.00334. The van der Waals surface area contributed by atoms with Gasteiger partial charge in [-0.05, 0) is 37.1 Å². The van der Waals surface area contributed by atoms with Crippen LogP contribution in [-0.2, 0) is 9.59 Å². The first kappa shape index (κ1) is 19.5. The first-order chi connectivity index (χ1) is 13.1. The van der Waals surface area contributed by atoms with Gasteiger partial charge in [0.2, 0.25) is 0 Å². The SMILES string of the molecule is Cc1ccc(C2=C(Nc3cccc(OC(F)(F)F)c3)C(=O)N(C)C2=O)c(C)c1. The molecule has 0 fully saturated rings. The lowest BCUT2D eigenvalue weighted by molar-refractivity contribution is -0.274. The van der Waals surface area contributed by atoms with Crippen LogP contribution >= 0.6 is 0 Å². The second-order valence-electron chi connectivity index (χ2n) is 6.44. The summed E-state index contributed by atoms with van der Waals surface area (Å²) in [5, 5.41) is 2.79. The quantitative estimate of drug-likeness (QED) is 0.801. The number of benzene rings is 2. The molecule has 0 bridgehead atoms. The molecule has 0 atom stereocenters. The number of amides is 2.